The molecule has 176 valence electrons. The average molecular weight is 446 g/mol. The van der Waals surface area contributed by atoms with E-state index in [2.05, 4.69) is 25.7 Å². The molecule has 0 radical (unpaired) electrons. The number of pyridine rings is 1. The minimum absolute atomic E-state index is 0.202. The van der Waals surface area contributed by atoms with Gasteiger partial charge in [0.25, 0.3) is 0 Å². The Kier molecular flexibility index (Phi) is 8.44. The molecule has 1 amide bonds. The smallest absolute Gasteiger partial charge is 0.407 e. The fourth-order valence-electron chi connectivity index (χ4n) is 4.03. The second-order valence-corrected chi connectivity index (χ2v) is 9.38. The number of aldehydes is 1. The van der Waals surface area contributed by atoms with Crippen molar-refractivity contribution in [3.8, 4) is 0 Å². The first-order valence-electron chi connectivity index (χ1n) is 11.4. The van der Waals surface area contributed by atoms with Gasteiger partial charge < -0.3 is 29.6 Å². The van der Waals surface area contributed by atoms with E-state index < -0.39 is 5.60 Å². The predicted octanol–water partition coefficient (Wildman–Crippen LogP) is 3.29. The van der Waals surface area contributed by atoms with E-state index in [0.29, 0.717) is 12.3 Å². The molecule has 3 heterocycles. The number of carbonyl (C=O) groups is 2. The van der Waals surface area contributed by atoms with Crippen molar-refractivity contribution in [1.82, 2.24) is 20.8 Å². The largest absolute Gasteiger partial charge is 0.444 e. The first-order chi connectivity index (χ1) is 15.4. The number of nitrogens with zero attached hydrogens (tertiary/aromatic N) is 3. The average Bonchev–Trinajstić information content (AvgIpc) is 3.19. The number of nitrogens with one attached hydrogen (secondary N) is 2. The number of carbonyl (C=O) groups excluding carboxylic acids is 2. The van der Waals surface area contributed by atoms with Crippen LogP contribution in [-0.2, 0) is 9.53 Å². The summed E-state index contributed by atoms with van der Waals surface area (Å²) in [6, 6.07) is 2.04. The number of hydrogen-bond acceptors (Lipinski definition) is 8. The molecule has 1 saturated carbocycles. The highest BCUT2D eigenvalue weighted by molar-refractivity contribution is 5.87. The van der Waals surface area contributed by atoms with Gasteiger partial charge in [-0.15, -0.1) is 0 Å². The quantitative estimate of drug-likeness (QED) is 0.690. The van der Waals surface area contributed by atoms with Crippen LogP contribution in [0.3, 0.4) is 0 Å². The normalized spacial score (nSPS) is 21.4. The Morgan fingerprint density at radius 3 is 2.66 bits per heavy atom. The Bertz CT molecular complexity index is 865. The molecule has 2 aliphatic rings. The second kappa shape index (κ2) is 11.3. The van der Waals surface area contributed by atoms with Crippen molar-refractivity contribution >= 4 is 29.2 Å². The SMILES string of the molecule is CC(C)(C)OC(=O)NC1CCC(CC=O)CC1.c1cc2onc(N3CCNCC3)c2cn1. The lowest BCUT2D eigenvalue weighted by atomic mass is 9.84. The topological polar surface area (TPSA) is 110 Å². The number of alkyl carbamates (subject to hydrolysis) is 1. The van der Waals surface area contributed by atoms with Gasteiger partial charge in [0, 0.05) is 57.1 Å². The lowest BCUT2D eigenvalue weighted by Crippen LogP contribution is -2.43. The fraction of sp³-hybridized carbons (Fsp3) is 0.652. The zero-order chi connectivity index (χ0) is 23.0. The standard InChI is InChI=1S/C13H23NO3.C10H12N4O/c1-13(2,3)17-12(16)14-11-6-4-10(5-7-11)8-9-15;1-2-12-7-8-9(1)15-13-10(8)14-5-3-11-4-6-14/h9-11H,4-8H2,1-3H3,(H,14,16);1-2,7,11H,3-6H2. The van der Waals surface area contributed by atoms with Crippen LogP contribution in [0, 0.1) is 5.92 Å². The van der Waals surface area contributed by atoms with E-state index in [0.717, 1.165) is 74.9 Å². The van der Waals surface area contributed by atoms with Crippen LogP contribution in [0.1, 0.15) is 52.9 Å². The molecule has 32 heavy (non-hydrogen) atoms. The molecule has 4 rings (SSSR count). The molecule has 9 heteroatoms. The molecule has 1 saturated heterocycles. The molecule has 0 bridgehead atoms. The number of piperazine rings is 1. The number of ether oxygens (including phenoxy) is 1. The number of rotatable bonds is 4. The maximum Gasteiger partial charge on any atom is 0.407 e. The van der Waals surface area contributed by atoms with Gasteiger partial charge >= 0.3 is 6.09 Å². The van der Waals surface area contributed by atoms with Crippen LogP contribution in [0.15, 0.2) is 23.0 Å². The third kappa shape index (κ3) is 7.19. The van der Waals surface area contributed by atoms with Gasteiger partial charge in [-0.3, -0.25) is 4.98 Å². The van der Waals surface area contributed by atoms with Gasteiger partial charge in [0.2, 0.25) is 0 Å². The summed E-state index contributed by atoms with van der Waals surface area (Å²) in [7, 11) is 0. The molecular formula is C23H35N5O4. The number of anilines is 1. The van der Waals surface area contributed by atoms with E-state index in [9.17, 15) is 9.59 Å². The highest BCUT2D eigenvalue weighted by Crippen LogP contribution is 2.26. The highest BCUT2D eigenvalue weighted by atomic mass is 16.6. The Labute approximate surface area is 189 Å². The van der Waals surface area contributed by atoms with Crippen LogP contribution in [0.4, 0.5) is 10.6 Å². The van der Waals surface area contributed by atoms with Crippen LogP contribution >= 0.6 is 0 Å². The summed E-state index contributed by atoms with van der Waals surface area (Å²) in [5, 5.41) is 11.3. The van der Waals surface area contributed by atoms with Gasteiger partial charge in [0.1, 0.15) is 11.9 Å². The van der Waals surface area contributed by atoms with E-state index in [1.165, 1.54) is 0 Å². The van der Waals surface area contributed by atoms with E-state index in [4.69, 9.17) is 9.26 Å². The highest BCUT2D eigenvalue weighted by Gasteiger charge is 2.24. The Balaban J connectivity index is 0.000000181. The van der Waals surface area contributed by atoms with Crippen molar-refractivity contribution < 1.29 is 18.8 Å². The third-order valence-electron chi connectivity index (χ3n) is 5.67. The summed E-state index contributed by atoms with van der Waals surface area (Å²) in [6.07, 6.45) is 8.74. The van der Waals surface area contributed by atoms with Crippen LogP contribution in [-0.4, -0.2) is 60.3 Å². The second-order valence-electron chi connectivity index (χ2n) is 9.38. The number of aromatic nitrogens is 2. The molecule has 1 aliphatic carbocycles. The Hall–Kier alpha value is -2.68. The summed E-state index contributed by atoms with van der Waals surface area (Å²) in [5.74, 6) is 1.42. The monoisotopic (exact) mass is 445 g/mol. The van der Waals surface area contributed by atoms with Crippen molar-refractivity contribution in [3.05, 3.63) is 18.5 Å². The van der Waals surface area contributed by atoms with Gasteiger partial charge in [-0.2, -0.15) is 0 Å². The van der Waals surface area contributed by atoms with E-state index >= 15 is 0 Å². The van der Waals surface area contributed by atoms with Crippen LogP contribution < -0.4 is 15.5 Å². The molecule has 2 fully saturated rings. The van der Waals surface area contributed by atoms with Crippen molar-refractivity contribution in [2.75, 3.05) is 31.1 Å². The van der Waals surface area contributed by atoms with Gasteiger partial charge in [-0.1, -0.05) is 5.16 Å². The first kappa shape index (κ1) is 24.0. The maximum absolute atomic E-state index is 11.5. The van der Waals surface area contributed by atoms with Gasteiger partial charge in [0.15, 0.2) is 11.4 Å². The number of hydrogen-bond donors (Lipinski definition) is 2. The van der Waals surface area contributed by atoms with Crippen LogP contribution in [0.2, 0.25) is 0 Å². The summed E-state index contributed by atoms with van der Waals surface area (Å²) < 4.78 is 10.5. The first-order valence-corrected chi connectivity index (χ1v) is 11.4. The molecule has 9 nitrogen and oxygen atoms in total. The van der Waals surface area contributed by atoms with E-state index in [1.54, 1.807) is 6.20 Å². The molecule has 0 aromatic carbocycles. The lowest BCUT2D eigenvalue weighted by molar-refractivity contribution is -0.108. The fourth-order valence-corrected chi connectivity index (χ4v) is 4.03. The lowest BCUT2D eigenvalue weighted by Gasteiger charge is -2.29. The van der Waals surface area contributed by atoms with Crippen LogP contribution in [0.25, 0.3) is 11.0 Å². The van der Waals surface area contributed by atoms with E-state index in [1.807, 2.05) is 33.0 Å². The summed E-state index contributed by atoms with van der Waals surface area (Å²) in [5.41, 5.74) is 0.359. The van der Waals surface area contributed by atoms with Crippen molar-refractivity contribution in [1.29, 1.82) is 0 Å². The number of amides is 1. The molecule has 2 aromatic heterocycles. The molecule has 0 spiro atoms. The zero-order valence-corrected chi connectivity index (χ0v) is 19.3. The molecule has 2 N–H and O–H groups in total. The van der Waals surface area contributed by atoms with Gasteiger partial charge in [-0.05, 0) is 52.4 Å². The van der Waals surface area contributed by atoms with E-state index in [-0.39, 0.29) is 12.1 Å². The molecule has 2 aromatic rings. The van der Waals surface area contributed by atoms with Crippen molar-refractivity contribution in [3.63, 3.8) is 0 Å². The maximum atomic E-state index is 11.5. The number of fused-ring (bicyclic) bond motifs is 1. The minimum Gasteiger partial charge on any atom is -0.444 e. The summed E-state index contributed by atoms with van der Waals surface area (Å²) >= 11 is 0. The Morgan fingerprint density at radius 2 is 2.00 bits per heavy atom. The predicted molar refractivity (Wildman–Crippen MR) is 123 cm³/mol. The Morgan fingerprint density at radius 1 is 1.28 bits per heavy atom. The summed E-state index contributed by atoms with van der Waals surface area (Å²) in [4.78, 5) is 28.3. The van der Waals surface area contributed by atoms with Gasteiger partial charge in [0.05, 0.1) is 5.39 Å². The summed E-state index contributed by atoms with van der Waals surface area (Å²) in [6.45, 7) is 9.49. The molecule has 0 unspecified atom stereocenters. The third-order valence-corrected chi connectivity index (χ3v) is 5.67. The molecular weight excluding hydrogens is 410 g/mol. The van der Waals surface area contributed by atoms with Gasteiger partial charge in [-0.25, -0.2) is 4.79 Å². The van der Waals surface area contributed by atoms with Crippen molar-refractivity contribution in [2.45, 2.75) is 64.5 Å². The molecule has 1 aliphatic heterocycles. The molecule has 0 atom stereocenters. The minimum atomic E-state index is -0.446. The zero-order valence-electron chi connectivity index (χ0n) is 19.3. The van der Waals surface area contributed by atoms with Crippen molar-refractivity contribution in [2.24, 2.45) is 5.92 Å². The van der Waals surface area contributed by atoms with Crippen LogP contribution in [0.5, 0.6) is 0 Å².